The fraction of sp³-hybridized carbons (Fsp3) is 0.625. The van der Waals surface area contributed by atoms with Crippen LogP contribution < -0.4 is 10.6 Å². The third-order valence-electron chi connectivity index (χ3n) is 4.00. The van der Waals surface area contributed by atoms with Gasteiger partial charge >= 0.3 is 0 Å². The highest BCUT2D eigenvalue weighted by atomic mass is 127. The van der Waals surface area contributed by atoms with Crippen molar-refractivity contribution in [3.05, 3.63) is 29.6 Å². The summed E-state index contributed by atoms with van der Waals surface area (Å²) in [6.07, 6.45) is 6.03. The monoisotopic (exact) mass is 458 g/mol. The molecular formula is C16H27IN8. The zero-order valence-electron chi connectivity index (χ0n) is 15.1. The summed E-state index contributed by atoms with van der Waals surface area (Å²) in [6.45, 7) is 9.26. The molecule has 0 saturated carbocycles. The number of hydrogen-bond donors (Lipinski definition) is 2. The first-order valence-electron chi connectivity index (χ1n) is 8.61. The quantitative estimate of drug-likeness (QED) is 0.406. The van der Waals surface area contributed by atoms with Gasteiger partial charge in [0.1, 0.15) is 11.6 Å². The van der Waals surface area contributed by atoms with Crippen LogP contribution >= 0.6 is 24.0 Å². The van der Waals surface area contributed by atoms with Gasteiger partial charge in [-0.1, -0.05) is 0 Å². The van der Waals surface area contributed by atoms with Crippen molar-refractivity contribution in [3.8, 4) is 0 Å². The second-order valence-electron chi connectivity index (χ2n) is 6.12. The molecule has 2 N–H and O–H groups in total. The van der Waals surface area contributed by atoms with Crippen LogP contribution in [0.1, 0.15) is 43.0 Å². The van der Waals surface area contributed by atoms with Crippen LogP contribution in [0.15, 0.2) is 17.4 Å². The van der Waals surface area contributed by atoms with E-state index in [-0.39, 0.29) is 30.0 Å². The van der Waals surface area contributed by atoms with Gasteiger partial charge in [0.15, 0.2) is 5.96 Å². The van der Waals surface area contributed by atoms with Crippen LogP contribution in [0.4, 0.5) is 0 Å². The van der Waals surface area contributed by atoms with Crippen LogP contribution in [0.25, 0.3) is 0 Å². The van der Waals surface area contributed by atoms with Gasteiger partial charge in [-0.3, -0.25) is 9.67 Å². The van der Waals surface area contributed by atoms with Crippen molar-refractivity contribution >= 4 is 29.9 Å². The number of halogens is 1. The molecule has 2 aromatic rings. The number of fused-ring (bicyclic) bond motifs is 1. The van der Waals surface area contributed by atoms with Gasteiger partial charge in [0, 0.05) is 19.3 Å². The maximum absolute atomic E-state index is 4.67. The minimum absolute atomic E-state index is 0. The Morgan fingerprint density at radius 3 is 2.96 bits per heavy atom. The SMILES string of the molecule is CCNC(=NCCn1cc(C)cn1)NC1CCCn2nc(C)nc21.I. The molecule has 0 amide bonds. The average Bonchev–Trinajstić information content (AvgIpc) is 3.13. The summed E-state index contributed by atoms with van der Waals surface area (Å²) in [5, 5.41) is 15.6. The molecule has 3 rings (SSSR count). The van der Waals surface area contributed by atoms with Gasteiger partial charge in [0.05, 0.1) is 25.3 Å². The number of rotatable bonds is 5. The van der Waals surface area contributed by atoms with E-state index in [4.69, 9.17) is 0 Å². The molecule has 9 heteroatoms. The molecule has 0 saturated heterocycles. The van der Waals surface area contributed by atoms with E-state index in [1.807, 2.05) is 35.6 Å². The van der Waals surface area contributed by atoms with Gasteiger partial charge < -0.3 is 10.6 Å². The van der Waals surface area contributed by atoms with Gasteiger partial charge in [-0.05, 0) is 39.2 Å². The molecule has 3 heterocycles. The minimum atomic E-state index is 0. The number of guanidine groups is 1. The summed E-state index contributed by atoms with van der Waals surface area (Å²) in [6, 6.07) is 0.157. The number of aromatic nitrogens is 5. The first-order chi connectivity index (χ1) is 11.7. The number of nitrogens with zero attached hydrogens (tertiary/aromatic N) is 6. The first kappa shape index (κ1) is 19.7. The Morgan fingerprint density at radius 2 is 2.24 bits per heavy atom. The fourth-order valence-corrected chi connectivity index (χ4v) is 2.94. The molecule has 1 atom stereocenters. The van der Waals surface area contributed by atoms with Gasteiger partial charge in [-0.25, -0.2) is 9.67 Å². The van der Waals surface area contributed by atoms with Crippen molar-refractivity contribution in [2.75, 3.05) is 13.1 Å². The normalized spacial score (nSPS) is 16.9. The molecule has 0 aliphatic carbocycles. The Kier molecular flexibility index (Phi) is 7.21. The molecule has 138 valence electrons. The number of nitrogens with one attached hydrogen (secondary N) is 2. The van der Waals surface area contributed by atoms with Crippen LogP contribution in [0.3, 0.4) is 0 Å². The van der Waals surface area contributed by atoms with E-state index < -0.39 is 0 Å². The van der Waals surface area contributed by atoms with Crippen LogP contribution in [0.2, 0.25) is 0 Å². The van der Waals surface area contributed by atoms with E-state index in [9.17, 15) is 0 Å². The molecule has 1 aliphatic rings. The molecular weight excluding hydrogens is 431 g/mol. The molecule has 0 fully saturated rings. The van der Waals surface area contributed by atoms with Gasteiger partial charge in [0.25, 0.3) is 0 Å². The third-order valence-corrected chi connectivity index (χ3v) is 4.00. The molecule has 0 aromatic carbocycles. The summed E-state index contributed by atoms with van der Waals surface area (Å²) in [7, 11) is 0. The highest BCUT2D eigenvalue weighted by molar-refractivity contribution is 14.0. The molecule has 25 heavy (non-hydrogen) atoms. The summed E-state index contributed by atoms with van der Waals surface area (Å²) < 4.78 is 3.93. The predicted molar refractivity (Wildman–Crippen MR) is 108 cm³/mol. The first-order valence-corrected chi connectivity index (χ1v) is 8.61. The van der Waals surface area contributed by atoms with Crippen molar-refractivity contribution < 1.29 is 0 Å². The zero-order chi connectivity index (χ0) is 16.9. The van der Waals surface area contributed by atoms with E-state index in [0.29, 0.717) is 6.54 Å². The third kappa shape index (κ3) is 5.16. The number of aryl methyl sites for hydroxylation is 3. The van der Waals surface area contributed by atoms with Gasteiger partial charge in [-0.2, -0.15) is 10.2 Å². The summed E-state index contributed by atoms with van der Waals surface area (Å²) >= 11 is 0. The second kappa shape index (κ2) is 9.16. The molecule has 8 nitrogen and oxygen atoms in total. The van der Waals surface area contributed by atoms with Crippen molar-refractivity contribution in [1.29, 1.82) is 0 Å². The summed E-state index contributed by atoms with van der Waals surface area (Å²) in [4.78, 5) is 9.24. The Hall–Kier alpha value is -1.65. The van der Waals surface area contributed by atoms with E-state index in [2.05, 4.69) is 37.7 Å². The Morgan fingerprint density at radius 1 is 1.40 bits per heavy atom. The van der Waals surface area contributed by atoms with Gasteiger partial charge in [0.2, 0.25) is 0 Å². The Bertz CT molecular complexity index is 705. The molecule has 2 aromatic heterocycles. The largest absolute Gasteiger partial charge is 0.357 e. The summed E-state index contributed by atoms with van der Waals surface area (Å²) in [5.41, 5.74) is 1.17. The van der Waals surface area contributed by atoms with Crippen molar-refractivity contribution in [2.24, 2.45) is 4.99 Å². The van der Waals surface area contributed by atoms with Crippen LogP contribution in [-0.2, 0) is 13.1 Å². The lowest BCUT2D eigenvalue weighted by Gasteiger charge is -2.25. The predicted octanol–water partition coefficient (Wildman–Crippen LogP) is 1.80. The lowest BCUT2D eigenvalue weighted by Crippen LogP contribution is -2.41. The lowest BCUT2D eigenvalue weighted by atomic mass is 10.1. The van der Waals surface area contributed by atoms with Gasteiger partial charge in [-0.15, -0.1) is 24.0 Å². The van der Waals surface area contributed by atoms with Crippen LogP contribution in [0, 0.1) is 13.8 Å². The molecule has 1 aliphatic heterocycles. The number of aliphatic imine (C=N–C) groups is 1. The average molecular weight is 458 g/mol. The highest BCUT2D eigenvalue weighted by Crippen LogP contribution is 2.22. The summed E-state index contributed by atoms with van der Waals surface area (Å²) in [5.74, 6) is 2.65. The van der Waals surface area contributed by atoms with Crippen LogP contribution in [-0.4, -0.2) is 43.6 Å². The topological polar surface area (TPSA) is 85.0 Å². The molecule has 0 radical (unpaired) electrons. The molecule has 1 unspecified atom stereocenters. The van der Waals surface area contributed by atoms with Crippen molar-refractivity contribution in [1.82, 2.24) is 35.2 Å². The lowest BCUT2D eigenvalue weighted by molar-refractivity contribution is 0.397. The second-order valence-corrected chi connectivity index (χ2v) is 6.12. The van der Waals surface area contributed by atoms with E-state index in [1.54, 1.807) is 0 Å². The highest BCUT2D eigenvalue weighted by Gasteiger charge is 2.24. The van der Waals surface area contributed by atoms with E-state index in [1.165, 1.54) is 5.56 Å². The van der Waals surface area contributed by atoms with Crippen molar-refractivity contribution in [3.63, 3.8) is 0 Å². The van der Waals surface area contributed by atoms with E-state index in [0.717, 1.165) is 50.1 Å². The Labute approximate surface area is 165 Å². The van der Waals surface area contributed by atoms with Crippen molar-refractivity contribution in [2.45, 2.75) is 52.7 Å². The Balaban J connectivity index is 0.00000225. The maximum Gasteiger partial charge on any atom is 0.191 e. The van der Waals surface area contributed by atoms with Crippen LogP contribution in [0.5, 0.6) is 0 Å². The minimum Gasteiger partial charge on any atom is -0.357 e. The number of hydrogen-bond acceptors (Lipinski definition) is 4. The smallest absolute Gasteiger partial charge is 0.191 e. The molecule has 0 bridgehead atoms. The zero-order valence-corrected chi connectivity index (χ0v) is 17.4. The fourth-order valence-electron chi connectivity index (χ4n) is 2.94. The standard InChI is InChI=1S/C16H26N8.HI/c1-4-17-16(18-7-9-23-11-12(2)10-19-23)21-14-6-5-8-24-15(14)20-13(3)22-24;/h10-11,14H,4-9H2,1-3H3,(H2,17,18,21);1H. The molecule has 0 spiro atoms. The van der Waals surface area contributed by atoms with E-state index >= 15 is 0 Å². The maximum atomic E-state index is 4.67.